The zero-order valence-corrected chi connectivity index (χ0v) is 11.9. The molecule has 2 fully saturated rings. The number of carbonyl (C=O) groups is 2. The number of rotatable bonds is 2. The van der Waals surface area contributed by atoms with Gasteiger partial charge in [-0.1, -0.05) is 19.1 Å². The molecule has 1 aromatic rings. The third-order valence-corrected chi connectivity index (χ3v) is 4.53. The van der Waals surface area contributed by atoms with Crippen LogP contribution in [0.25, 0.3) is 0 Å². The molecule has 0 aromatic heterocycles. The number of amides is 2. The van der Waals surface area contributed by atoms with Gasteiger partial charge in [0.05, 0.1) is 17.5 Å². The number of nitrogens with zero attached hydrogens (tertiary/aromatic N) is 1. The van der Waals surface area contributed by atoms with E-state index in [2.05, 4.69) is 6.92 Å². The highest BCUT2D eigenvalue weighted by molar-refractivity contribution is 6.22. The molecule has 2 N–H and O–H groups in total. The lowest BCUT2D eigenvalue weighted by Crippen LogP contribution is -2.32. The Bertz CT molecular complexity index is 543. The summed E-state index contributed by atoms with van der Waals surface area (Å²) in [5.74, 6) is 0.167. The molecule has 3 unspecified atom stereocenters. The molecule has 0 radical (unpaired) electrons. The van der Waals surface area contributed by atoms with Crippen LogP contribution in [0.5, 0.6) is 0 Å². The normalized spacial score (nSPS) is 30.8. The largest absolute Gasteiger partial charge is 0.324 e. The van der Waals surface area contributed by atoms with Crippen LogP contribution in [0.15, 0.2) is 24.3 Å². The number of nitrogens with two attached hydrogens (primary N) is 1. The Morgan fingerprint density at radius 3 is 2.35 bits per heavy atom. The van der Waals surface area contributed by atoms with Crippen molar-refractivity contribution in [3.63, 3.8) is 0 Å². The smallest absolute Gasteiger partial charge is 0.237 e. The Morgan fingerprint density at radius 2 is 1.80 bits per heavy atom. The van der Waals surface area contributed by atoms with E-state index in [-0.39, 0.29) is 29.7 Å². The molecule has 4 heteroatoms. The van der Waals surface area contributed by atoms with Gasteiger partial charge in [0.15, 0.2) is 0 Å². The van der Waals surface area contributed by atoms with Crippen molar-refractivity contribution in [1.82, 2.24) is 0 Å². The fourth-order valence-corrected chi connectivity index (χ4v) is 3.48. The molecule has 1 heterocycles. The first-order valence-corrected chi connectivity index (χ1v) is 7.22. The Balaban J connectivity index is 1.94. The summed E-state index contributed by atoms with van der Waals surface area (Å²) >= 11 is 0. The third kappa shape index (κ3) is 1.95. The van der Waals surface area contributed by atoms with Gasteiger partial charge >= 0.3 is 0 Å². The number of imide groups is 1. The Labute approximate surface area is 118 Å². The van der Waals surface area contributed by atoms with Crippen LogP contribution in [0.2, 0.25) is 0 Å². The average Bonchev–Trinajstić information content (AvgIpc) is 2.89. The Kier molecular flexibility index (Phi) is 3.13. The lowest BCUT2D eigenvalue weighted by atomic mass is 10.00. The number of carbonyl (C=O) groups excluding carboxylic acids is 2. The molecule has 1 aliphatic heterocycles. The average molecular weight is 272 g/mol. The van der Waals surface area contributed by atoms with Crippen molar-refractivity contribution in [2.24, 2.45) is 23.5 Å². The van der Waals surface area contributed by atoms with Crippen LogP contribution < -0.4 is 10.6 Å². The molecular formula is C16H20N2O2. The van der Waals surface area contributed by atoms with Crippen molar-refractivity contribution in [2.45, 2.75) is 32.7 Å². The summed E-state index contributed by atoms with van der Waals surface area (Å²) in [6.45, 7) is 4.00. The van der Waals surface area contributed by atoms with Crippen molar-refractivity contribution in [1.29, 1.82) is 0 Å². The second-order valence-electron chi connectivity index (χ2n) is 6.19. The van der Waals surface area contributed by atoms with E-state index in [0.717, 1.165) is 18.4 Å². The van der Waals surface area contributed by atoms with Crippen molar-refractivity contribution in [3.8, 4) is 0 Å². The highest BCUT2D eigenvalue weighted by Crippen LogP contribution is 2.44. The Hall–Kier alpha value is -1.68. The minimum absolute atomic E-state index is 0.0359. The molecule has 2 aliphatic rings. The van der Waals surface area contributed by atoms with Gasteiger partial charge < -0.3 is 5.73 Å². The van der Waals surface area contributed by atoms with Gasteiger partial charge in [-0.2, -0.15) is 0 Å². The van der Waals surface area contributed by atoms with Gasteiger partial charge in [-0.3, -0.25) is 14.5 Å². The first kappa shape index (κ1) is 13.3. The topological polar surface area (TPSA) is 63.4 Å². The molecule has 20 heavy (non-hydrogen) atoms. The van der Waals surface area contributed by atoms with Crippen molar-refractivity contribution >= 4 is 17.5 Å². The molecule has 1 saturated heterocycles. The van der Waals surface area contributed by atoms with Gasteiger partial charge in [0, 0.05) is 6.04 Å². The number of hydrogen-bond acceptors (Lipinski definition) is 3. The van der Waals surface area contributed by atoms with E-state index in [1.165, 1.54) is 4.90 Å². The maximum absolute atomic E-state index is 12.5. The second-order valence-corrected chi connectivity index (χ2v) is 6.19. The summed E-state index contributed by atoms with van der Waals surface area (Å²) in [6, 6.07) is 7.33. The van der Waals surface area contributed by atoms with E-state index in [9.17, 15) is 9.59 Å². The molecular weight excluding hydrogens is 252 g/mol. The number of benzene rings is 1. The van der Waals surface area contributed by atoms with Gasteiger partial charge in [-0.15, -0.1) is 0 Å². The van der Waals surface area contributed by atoms with Crippen LogP contribution in [-0.2, 0) is 9.59 Å². The standard InChI is InChI=1S/C16H20N2O2/c1-9-6-13-14(7-9)16(20)18(15(13)19)12-5-3-4-11(8-12)10(2)17/h3-5,8-10,13-14H,6-7,17H2,1-2H3. The summed E-state index contributed by atoms with van der Waals surface area (Å²) in [4.78, 5) is 26.4. The predicted octanol–water partition coefficient (Wildman–Crippen LogP) is 2.24. The fraction of sp³-hybridized carbons (Fsp3) is 0.500. The van der Waals surface area contributed by atoms with Crippen LogP contribution in [0.4, 0.5) is 5.69 Å². The summed E-state index contributed by atoms with van der Waals surface area (Å²) in [7, 11) is 0. The lowest BCUT2D eigenvalue weighted by molar-refractivity contribution is -0.123. The van der Waals surface area contributed by atoms with Gasteiger partial charge in [-0.05, 0) is 43.4 Å². The van der Waals surface area contributed by atoms with Gasteiger partial charge in [0.2, 0.25) is 11.8 Å². The van der Waals surface area contributed by atoms with E-state index in [1.54, 1.807) is 0 Å². The molecule has 3 atom stereocenters. The third-order valence-electron chi connectivity index (χ3n) is 4.53. The molecule has 1 aliphatic carbocycles. The quantitative estimate of drug-likeness (QED) is 0.840. The first-order chi connectivity index (χ1) is 9.49. The zero-order chi connectivity index (χ0) is 14.4. The molecule has 4 nitrogen and oxygen atoms in total. The zero-order valence-electron chi connectivity index (χ0n) is 11.9. The molecule has 1 saturated carbocycles. The maximum atomic E-state index is 12.5. The van der Waals surface area contributed by atoms with Gasteiger partial charge in [0.25, 0.3) is 0 Å². The van der Waals surface area contributed by atoms with Crippen molar-refractivity contribution < 1.29 is 9.59 Å². The maximum Gasteiger partial charge on any atom is 0.237 e. The minimum atomic E-state index is -0.114. The molecule has 106 valence electrons. The molecule has 1 aromatic carbocycles. The van der Waals surface area contributed by atoms with Crippen LogP contribution in [0, 0.1) is 17.8 Å². The fourth-order valence-electron chi connectivity index (χ4n) is 3.48. The molecule has 0 bridgehead atoms. The number of anilines is 1. The monoisotopic (exact) mass is 272 g/mol. The Morgan fingerprint density at radius 1 is 1.20 bits per heavy atom. The van der Waals surface area contributed by atoms with E-state index >= 15 is 0 Å². The minimum Gasteiger partial charge on any atom is -0.324 e. The summed E-state index contributed by atoms with van der Waals surface area (Å²) in [6.07, 6.45) is 1.66. The molecule has 2 amide bonds. The number of hydrogen-bond donors (Lipinski definition) is 1. The van der Waals surface area contributed by atoms with E-state index in [0.29, 0.717) is 11.6 Å². The van der Waals surface area contributed by atoms with E-state index < -0.39 is 0 Å². The lowest BCUT2D eigenvalue weighted by Gasteiger charge is -2.18. The summed E-state index contributed by atoms with van der Waals surface area (Å²) in [5.41, 5.74) is 7.47. The highest BCUT2D eigenvalue weighted by Gasteiger charge is 2.52. The molecule has 3 rings (SSSR count). The van der Waals surface area contributed by atoms with Gasteiger partial charge in [-0.25, -0.2) is 0 Å². The first-order valence-electron chi connectivity index (χ1n) is 7.22. The van der Waals surface area contributed by atoms with Crippen molar-refractivity contribution in [2.75, 3.05) is 4.90 Å². The van der Waals surface area contributed by atoms with E-state index in [4.69, 9.17) is 5.73 Å². The molecule has 0 spiro atoms. The van der Waals surface area contributed by atoms with Crippen LogP contribution in [0.1, 0.15) is 38.3 Å². The second kappa shape index (κ2) is 4.70. The van der Waals surface area contributed by atoms with Crippen molar-refractivity contribution in [3.05, 3.63) is 29.8 Å². The summed E-state index contributed by atoms with van der Waals surface area (Å²) in [5, 5.41) is 0. The predicted molar refractivity (Wildman–Crippen MR) is 76.9 cm³/mol. The van der Waals surface area contributed by atoms with Crippen LogP contribution >= 0.6 is 0 Å². The highest BCUT2D eigenvalue weighted by atomic mass is 16.2. The van der Waals surface area contributed by atoms with E-state index in [1.807, 2.05) is 31.2 Å². The van der Waals surface area contributed by atoms with Crippen LogP contribution in [-0.4, -0.2) is 11.8 Å². The number of fused-ring (bicyclic) bond motifs is 1. The van der Waals surface area contributed by atoms with Gasteiger partial charge in [0.1, 0.15) is 0 Å². The van der Waals surface area contributed by atoms with Crippen LogP contribution in [0.3, 0.4) is 0 Å². The SMILES string of the molecule is CC1CC2C(=O)N(c3cccc(C(C)N)c3)C(=O)C2C1. The summed E-state index contributed by atoms with van der Waals surface area (Å²) < 4.78 is 0.